The number of rotatable bonds is 19. The highest BCUT2D eigenvalue weighted by Crippen LogP contribution is 2.51. The summed E-state index contributed by atoms with van der Waals surface area (Å²) in [6.07, 6.45) is -1.99. The van der Waals surface area contributed by atoms with Crippen LogP contribution in [0.3, 0.4) is 0 Å². The third-order valence-electron chi connectivity index (χ3n) is 13.3. The number of hydrogen-bond donors (Lipinski definition) is 2. The van der Waals surface area contributed by atoms with Crippen molar-refractivity contribution in [2.45, 2.75) is 71.0 Å². The second kappa shape index (κ2) is 22.6. The van der Waals surface area contributed by atoms with E-state index < -0.39 is 64.6 Å². The van der Waals surface area contributed by atoms with Crippen molar-refractivity contribution in [3.8, 4) is 34.3 Å². The average Bonchev–Trinajstić information content (AvgIpc) is 3.78. The molecule has 0 aliphatic carbocycles. The summed E-state index contributed by atoms with van der Waals surface area (Å²) in [6.45, 7) is 3.42. The molecule has 3 aliphatic heterocycles. The van der Waals surface area contributed by atoms with Crippen LogP contribution in [-0.2, 0) is 30.5 Å². The Bertz CT molecular complexity index is 3010. The second-order valence-electron chi connectivity index (χ2n) is 18.1. The van der Waals surface area contributed by atoms with E-state index in [0.717, 1.165) is 16.7 Å². The minimum Gasteiger partial charge on any atom is -0.497 e. The van der Waals surface area contributed by atoms with Crippen molar-refractivity contribution in [3.05, 3.63) is 153 Å². The zero-order chi connectivity index (χ0) is 53.0. The molecule has 2 N–H and O–H groups in total. The summed E-state index contributed by atoms with van der Waals surface area (Å²) >= 11 is 7.26. The molecule has 1 unspecified atom stereocenters. The minimum absolute atomic E-state index is 0.0159. The Balaban J connectivity index is 1.17. The Morgan fingerprint density at radius 1 is 0.880 bits per heavy atom. The summed E-state index contributed by atoms with van der Waals surface area (Å²) in [5, 5.41) is 6.01. The van der Waals surface area contributed by atoms with Gasteiger partial charge in [0.05, 0.1) is 73.2 Å². The number of pyridine rings is 1. The first kappa shape index (κ1) is 52.4. The third-order valence-corrected chi connectivity index (χ3v) is 13.7. The smallest absolute Gasteiger partial charge is 0.418 e. The molecule has 4 aromatic carbocycles. The minimum atomic E-state index is -5.05. The summed E-state index contributed by atoms with van der Waals surface area (Å²) in [5.41, 5.74) is -0.0441. The van der Waals surface area contributed by atoms with Crippen molar-refractivity contribution in [1.82, 2.24) is 24.8 Å². The number of amidine groups is 1. The Labute approximate surface area is 434 Å². The Hall–Kier alpha value is -7.45. The van der Waals surface area contributed by atoms with Crippen LogP contribution in [0, 0.1) is 12.7 Å². The molecule has 0 bridgehead atoms. The lowest BCUT2D eigenvalue weighted by molar-refractivity contribution is -0.137. The van der Waals surface area contributed by atoms with Crippen molar-refractivity contribution < 1.29 is 50.0 Å². The summed E-state index contributed by atoms with van der Waals surface area (Å²) in [6, 6.07) is 22.0. The first-order valence-corrected chi connectivity index (χ1v) is 24.5. The number of aryl methyl sites for hydroxylation is 1. The van der Waals surface area contributed by atoms with Crippen LogP contribution in [0.25, 0.3) is 11.3 Å². The highest BCUT2D eigenvalue weighted by molar-refractivity contribution is 6.37. The van der Waals surface area contributed by atoms with Crippen LogP contribution < -0.4 is 34.5 Å². The van der Waals surface area contributed by atoms with Crippen molar-refractivity contribution in [1.29, 1.82) is 0 Å². The number of nitrogens with zero attached hydrogens (tertiary/aromatic N) is 7. The molecule has 14 nitrogen and oxygen atoms in total. The van der Waals surface area contributed by atoms with Crippen molar-refractivity contribution in [2.75, 3.05) is 63.2 Å². The molecule has 3 aliphatic rings. The van der Waals surface area contributed by atoms with E-state index in [1.54, 1.807) is 67.2 Å². The molecule has 0 spiro atoms. The van der Waals surface area contributed by atoms with Gasteiger partial charge in [-0.05, 0) is 98.0 Å². The van der Waals surface area contributed by atoms with E-state index in [9.17, 15) is 8.78 Å². The topological polar surface area (TPSA) is 131 Å². The van der Waals surface area contributed by atoms with Crippen LogP contribution in [0.15, 0.2) is 108 Å². The normalized spacial score (nSPS) is 15.7. The molecule has 0 saturated carbocycles. The van der Waals surface area contributed by atoms with Gasteiger partial charge in [-0.2, -0.15) is 13.2 Å². The fourth-order valence-corrected chi connectivity index (χ4v) is 9.84. The standard InChI is InChI=1S/C54H54ClF6N9O5/c1-31-23-41(69(25-34-10-16-38(72-4)17-11-34)26-35-12-18-39(73-5)19-13-35)67-49(45(31)54(59,60)61)43-46(55)50-44-51(47(43)58)75-42(74-29-36-7-6-22-68(36)27-40(56)57)28-70(53(44)66-30-65-50)32(2)48-52(63-21-20-62-48)64-24-33-8-14-37(71-3)15-9-33/h8-21,23,28,32,36,40,65H,6-7,22,24-27,29-30H2,1-5H3,(H,63,64)/t32?,36-/m0/s1. The maximum Gasteiger partial charge on any atom is 0.418 e. The first-order chi connectivity index (χ1) is 36.1. The molecule has 1 saturated heterocycles. The number of anilines is 3. The highest BCUT2D eigenvalue weighted by Gasteiger charge is 2.43. The molecule has 0 amide bonds. The molecule has 6 aromatic rings. The lowest BCUT2D eigenvalue weighted by Crippen LogP contribution is -2.37. The monoisotopic (exact) mass is 1060 g/mol. The van der Waals surface area contributed by atoms with Gasteiger partial charge >= 0.3 is 12.1 Å². The number of alkyl halides is 5. The number of benzene rings is 4. The summed E-state index contributed by atoms with van der Waals surface area (Å²) in [5.74, 6) is 0.369. The number of likely N-dealkylation sites (tertiary alicyclic amines) is 1. The molecule has 2 aromatic heterocycles. The van der Waals surface area contributed by atoms with Crippen LogP contribution >= 0.6 is 11.6 Å². The SMILES string of the molecule is COc1ccc(CNc2nccnc2C(C)N2C=C(OC[C@@H]3CCCN3CC(F)F)Oc3c(F)c(-c4nc(N(Cc5ccc(OC)cc5)Cc5ccc(OC)cc5)cc(C)c4C(F)(F)F)c(Cl)c4c3C2=NCN4)cc1. The van der Waals surface area contributed by atoms with Crippen molar-refractivity contribution in [3.63, 3.8) is 0 Å². The lowest BCUT2D eigenvalue weighted by Gasteiger charge is -2.32. The molecule has 2 atom stereocenters. The Kier molecular flexibility index (Phi) is 15.8. The van der Waals surface area contributed by atoms with E-state index in [-0.39, 0.29) is 60.8 Å². The van der Waals surface area contributed by atoms with Crippen molar-refractivity contribution >= 4 is 34.8 Å². The zero-order valence-corrected chi connectivity index (χ0v) is 42.4. The zero-order valence-electron chi connectivity index (χ0n) is 41.7. The summed E-state index contributed by atoms with van der Waals surface area (Å²) in [7, 11) is 4.66. The van der Waals surface area contributed by atoms with E-state index in [1.165, 1.54) is 31.6 Å². The number of hydrogen-bond acceptors (Lipinski definition) is 14. The maximum atomic E-state index is 18.2. The number of halogens is 7. The molecule has 21 heteroatoms. The van der Waals surface area contributed by atoms with Gasteiger partial charge in [-0.3, -0.25) is 9.88 Å². The first-order valence-electron chi connectivity index (χ1n) is 24.1. The predicted octanol–water partition coefficient (Wildman–Crippen LogP) is 11.6. The molecule has 75 heavy (non-hydrogen) atoms. The molecular weight excluding hydrogens is 1000 g/mol. The number of aliphatic imine (C=N–C) groups is 1. The van der Waals surface area contributed by atoms with E-state index in [0.29, 0.717) is 54.7 Å². The predicted molar refractivity (Wildman–Crippen MR) is 273 cm³/mol. The summed E-state index contributed by atoms with van der Waals surface area (Å²) in [4.78, 5) is 23.8. The fraction of sp³-hybridized carbons (Fsp3) is 0.333. The third kappa shape index (κ3) is 11.5. The largest absolute Gasteiger partial charge is 0.497 e. The number of aromatic nitrogens is 3. The Morgan fingerprint density at radius 2 is 1.49 bits per heavy atom. The maximum absolute atomic E-state index is 18.2. The van der Waals surface area contributed by atoms with E-state index in [4.69, 9.17) is 45.3 Å². The van der Waals surface area contributed by atoms with Gasteiger partial charge < -0.3 is 44.1 Å². The molecule has 5 heterocycles. The highest BCUT2D eigenvalue weighted by atomic mass is 35.5. The van der Waals surface area contributed by atoms with Crippen LogP contribution in [0.5, 0.6) is 23.0 Å². The van der Waals surface area contributed by atoms with Gasteiger partial charge in [-0.25, -0.2) is 28.1 Å². The lowest BCUT2D eigenvalue weighted by atomic mass is 9.96. The molecule has 9 rings (SSSR count). The van der Waals surface area contributed by atoms with Crippen molar-refractivity contribution in [2.24, 2.45) is 4.99 Å². The van der Waals surface area contributed by atoms with Gasteiger partial charge in [-0.15, -0.1) is 0 Å². The van der Waals surface area contributed by atoms with Gasteiger partial charge in [0.25, 0.3) is 6.43 Å². The van der Waals surface area contributed by atoms with Crippen LogP contribution in [0.4, 0.5) is 43.7 Å². The Morgan fingerprint density at radius 3 is 2.09 bits per heavy atom. The van der Waals surface area contributed by atoms with Gasteiger partial charge in [0.2, 0.25) is 0 Å². The van der Waals surface area contributed by atoms with Crippen LogP contribution in [0.1, 0.15) is 64.9 Å². The molecular formula is C54H54ClF6N9O5. The van der Waals surface area contributed by atoms with Gasteiger partial charge in [-0.1, -0.05) is 48.0 Å². The molecule has 1 fully saturated rings. The molecule has 394 valence electrons. The van der Waals surface area contributed by atoms with E-state index in [1.807, 2.05) is 48.5 Å². The van der Waals surface area contributed by atoms with E-state index >= 15 is 17.6 Å². The van der Waals surface area contributed by atoms with Gasteiger partial charge in [0.1, 0.15) is 53.7 Å². The van der Waals surface area contributed by atoms with Gasteiger partial charge in [0, 0.05) is 38.1 Å². The van der Waals surface area contributed by atoms with Crippen LogP contribution in [-0.4, -0.2) is 90.7 Å². The number of ether oxygens (including phenoxy) is 5. The number of nitrogens with one attached hydrogen (secondary N) is 2. The summed E-state index contributed by atoms with van der Waals surface area (Å²) < 4.78 is 121. The second-order valence-corrected chi connectivity index (χ2v) is 18.5. The number of methoxy groups -OCH3 is 3. The van der Waals surface area contributed by atoms with E-state index in [2.05, 4.69) is 20.6 Å². The quantitative estimate of drug-likeness (QED) is 0.0747. The molecule has 0 radical (unpaired) electrons. The van der Waals surface area contributed by atoms with Crippen LogP contribution in [0.2, 0.25) is 5.02 Å². The van der Waals surface area contributed by atoms with Gasteiger partial charge in [0.15, 0.2) is 11.6 Å². The fourth-order valence-electron chi connectivity index (χ4n) is 9.51. The average molecular weight is 1060 g/mol.